The first-order valence-corrected chi connectivity index (χ1v) is 8.78. The van der Waals surface area contributed by atoms with Crippen LogP contribution in [0.15, 0.2) is 24.3 Å². The highest BCUT2D eigenvalue weighted by atomic mass is 16.5. The van der Waals surface area contributed by atoms with Gasteiger partial charge in [-0.15, -0.1) is 0 Å². The summed E-state index contributed by atoms with van der Waals surface area (Å²) in [5, 5.41) is 3.28. The number of ether oxygens (including phenoxy) is 1. The van der Waals surface area contributed by atoms with E-state index in [1.54, 1.807) is 0 Å². The Morgan fingerprint density at radius 1 is 1.35 bits per heavy atom. The summed E-state index contributed by atoms with van der Waals surface area (Å²) >= 11 is 0. The second-order valence-corrected chi connectivity index (χ2v) is 8.25. The molecule has 3 nitrogen and oxygen atoms in total. The van der Waals surface area contributed by atoms with Gasteiger partial charge in [-0.2, -0.15) is 0 Å². The molecule has 3 rings (SSSR count). The number of amides is 1. The van der Waals surface area contributed by atoms with E-state index in [2.05, 4.69) is 26.1 Å². The SMILES string of the molecule is Cc1cccc(O[C@H](C)C(=O)N[C@@H]2C[C@@H]3CC[C@]2(C)C3(C)C)c1. The zero-order valence-electron chi connectivity index (χ0n) is 15.0. The monoisotopic (exact) mass is 315 g/mol. The number of carbonyl (C=O) groups is 1. The number of nitrogens with one attached hydrogen (secondary N) is 1. The van der Waals surface area contributed by atoms with Gasteiger partial charge in [0.25, 0.3) is 5.91 Å². The van der Waals surface area contributed by atoms with Crippen molar-refractivity contribution in [1.82, 2.24) is 5.32 Å². The average molecular weight is 315 g/mol. The van der Waals surface area contributed by atoms with Crippen molar-refractivity contribution in [2.75, 3.05) is 0 Å². The number of benzene rings is 1. The Labute approximate surface area is 139 Å². The van der Waals surface area contributed by atoms with Gasteiger partial charge in [0.15, 0.2) is 6.10 Å². The molecule has 1 aromatic carbocycles. The van der Waals surface area contributed by atoms with Gasteiger partial charge in [-0.05, 0) is 67.6 Å². The van der Waals surface area contributed by atoms with Gasteiger partial charge in [-0.3, -0.25) is 4.79 Å². The molecule has 0 spiro atoms. The molecule has 0 saturated heterocycles. The molecule has 1 amide bonds. The Balaban J connectivity index is 1.64. The van der Waals surface area contributed by atoms with Crippen molar-refractivity contribution in [2.24, 2.45) is 16.7 Å². The van der Waals surface area contributed by atoms with Gasteiger partial charge in [0.1, 0.15) is 5.75 Å². The first-order valence-electron chi connectivity index (χ1n) is 8.78. The molecule has 3 heteroatoms. The van der Waals surface area contributed by atoms with Crippen molar-refractivity contribution >= 4 is 5.91 Å². The zero-order chi connectivity index (χ0) is 16.8. The van der Waals surface area contributed by atoms with Crippen LogP contribution in [0, 0.1) is 23.7 Å². The highest BCUT2D eigenvalue weighted by Crippen LogP contribution is 2.65. The van der Waals surface area contributed by atoms with Crippen molar-refractivity contribution in [2.45, 2.75) is 66.0 Å². The van der Waals surface area contributed by atoms with Gasteiger partial charge in [0.05, 0.1) is 0 Å². The van der Waals surface area contributed by atoms with Gasteiger partial charge in [-0.25, -0.2) is 0 Å². The normalized spacial score (nSPS) is 32.6. The summed E-state index contributed by atoms with van der Waals surface area (Å²) in [5.74, 6) is 1.49. The van der Waals surface area contributed by atoms with Crippen LogP contribution in [0.4, 0.5) is 0 Å². The van der Waals surface area contributed by atoms with Crippen molar-refractivity contribution in [3.05, 3.63) is 29.8 Å². The lowest BCUT2D eigenvalue weighted by Crippen LogP contribution is -2.50. The highest BCUT2D eigenvalue weighted by Gasteiger charge is 2.61. The summed E-state index contributed by atoms with van der Waals surface area (Å²) in [6, 6.07) is 8.11. The molecule has 2 saturated carbocycles. The molecule has 2 aliphatic carbocycles. The lowest BCUT2D eigenvalue weighted by Gasteiger charge is -2.39. The lowest BCUT2D eigenvalue weighted by atomic mass is 9.69. The minimum Gasteiger partial charge on any atom is -0.481 e. The quantitative estimate of drug-likeness (QED) is 0.908. The molecule has 1 aromatic rings. The molecule has 2 aliphatic rings. The third kappa shape index (κ3) is 2.64. The summed E-state index contributed by atoms with van der Waals surface area (Å²) in [6.45, 7) is 10.9. The second-order valence-electron chi connectivity index (χ2n) is 8.25. The van der Waals surface area contributed by atoms with Gasteiger partial charge >= 0.3 is 0 Å². The number of aryl methyl sites for hydroxylation is 1. The van der Waals surface area contributed by atoms with Crippen molar-refractivity contribution in [3.63, 3.8) is 0 Å². The zero-order valence-corrected chi connectivity index (χ0v) is 15.0. The van der Waals surface area contributed by atoms with Crippen LogP contribution >= 0.6 is 0 Å². The minimum atomic E-state index is -0.470. The molecule has 23 heavy (non-hydrogen) atoms. The predicted octanol–water partition coefficient (Wildman–Crippen LogP) is 4.09. The minimum absolute atomic E-state index is 0.00100. The standard InChI is InChI=1S/C20H29NO2/c1-13-7-6-8-16(11-13)23-14(2)18(22)21-17-12-15-9-10-20(17,5)19(15,3)4/h6-8,11,14-15,17H,9-10,12H2,1-5H3,(H,21,22)/t14-,15+,17-,20+/m1/s1. The van der Waals surface area contributed by atoms with E-state index < -0.39 is 6.10 Å². The van der Waals surface area contributed by atoms with Gasteiger partial charge in [0, 0.05) is 6.04 Å². The van der Waals surface area contributed by atoms with E-state index in [0.717, 1.165) is 23.7 Å². The molecule has 0 aliphatic heterocycles. The fourth-order valence-corrected chi connectivity index (χ4v) is 4.66. The number of carbonyl (C=O) groups excluding carboxylic acids is 1. The molecule has 2 fully saturated rings. The molecule has 0 unspecified atom stereocenters. The summed E-state index contributed by atoms with van der Waals surface area (Å²) in [7, 11) is 0. The van der Waals surface area contributed by atoms with E-state index in [9.17, 15) is 4.79 Å². The van der Waals surface area contributed by atoms with E-state index in [1.807, 2.05) is 38.1 Å². The largest absolute Gasteiger partial charge is 0.481 e. The third-order valence-electron chi connectivity index (χ3n) is 6.78. The molecule has 1 N–H and O–H groups in total. The van der Waals surface area contributed by atoms with Crippen molar-refractivity contribution < 1.29 is 9.53 Å². The Kier molecular flexibility index (Phi) is 3.94. The Morgan fingerprint density at radius 3 is 2.65 bits per heavy atom. The van der Waals surface area contributed by atoms with E-state index in [-0.39, 0.29) is 17.4 Å². The van der Waals surface area contributed by atoms with Crippen LogP contribution in [0.5, 0.6) is 5.75 Å². The number of hydrogen-bond donors (Lipinski definition) is 1. The predicted molar refractivity (Wildman–Crippen MR) is 92.4 cm³/mol. The maximum Gasteiger partial charge on any atom is 0.261 e. The average Bonchev–Trinajstić information content (AvgIpc) is 2.80. The van der Waals surface area contributed by atoms with Gasteiger partial charge in [-0.1, -0.05) is 32.9 Å². The number of fused-ring (bicyclic) bond motifs is 2. The Morgan fingerprint density at radius 2 is 2.09 bits per heavy atom. The van der Waals surface area contributed by atoms with Crippen LogP contribution < -0.4 is 10.1 Å². The summed E-state index contributed by atoms with van der Waals surface area (Å²) in [5.41, 5.74) is 1.65. The van der Waals surface area contributed by atoms with E-state index in [1.165, 1.54) is 12.8 Å². The van der Waals surface area contributed by atoms with Crippen LogP contribution in [0.3, 0.4) is 0 Å². The van der Waals surface area contributed by atoms with Gasteiger partial charge < -0.3 is 10.1 Å². The Bertz CT molecular complexity index is 609. The molecule has 0 aromatic heterocycles. The molecule has 4 atom stereocenters. The molecule has 2 bridgehead atoms. The molecule has 0 heterocycles. The molecular weight excluding hydrogens is 286 g/mol. The van der Waals surface area contributed by atoms with Crippen LogP contribution in [0.2, 0.25) is 0 Å². The number of hydrogen-bond acceptors (Lipinski definition) is 2. The topological polar surface area (TPSA) is 38.3 Å². The molecular formula is C20H29NO2. The van der Waals surface area contributed by atoms with Crippen molar-refractivity contribution in [3.8, 4) is 5.75 Å². The highest BCUT2D eigenvalue weighted by molar-refractivity contribution is 5.81. The third-order valence-corrected chi connectivity index (χ3v) is 6.78. The fraction of sp³-hybridized carbons (Fsp3) is 0.650. The summed E-state index contributed by atoms with van der Waals surface area (Å²) in [4.78, 5) is 12.6. The van der Waals surface area contributed by atoms with Crippen LogP contribution in [0.25, 0.3) is 0 Å². The molecule has 0 radical (unpaired) electrons. The molecule has 126 valence electrons. The van der Waals surface area contributed by atoms with E-state index >= 15 is 0 Å². The summed E-state index contributed by atoms with van der Waals surface area (Å²) < 4.78 is 5.82. The Hall–Kier alpha value is -1.51. The second kappa shape index (κ2) is 5.54. The lowest BCUT2D eigenvalue weighted by molar-refractivity contribution is -0.129. The maximum absolute atomic E-state index is 12.6. The van der Waals surface area contributed by atoms with Crippen LogP contribution in [-0.2, 0) is 4.79 Å². The first kappa shape index (κ1) is 16.4. The van der Waals surface area contributed by atoms with Crippen molar-refractivity contribution in [1.29, 1.82) is 0 Å². The number of rotatable bonds is 4. The van der Waals surface area contributed by atoms with Crippen LogP contribution in [0.1, 0.15) is 52.5 Å². The maximum atomic E-state index is 12.6. The summed E-state index contributed by atoms with van der Waals surface area (Å²) in [6.07, 6.45) is 3.14. The first-order chi connectivity index (χ1) is 10.7. The van der Waals surface area contributed by atoms with E-state index in [4.69, 9.17) is 4.74 Å². The smallest absolute Gasteiger partial charge is 0.261 e. The van der Waals surface area contributed by atoms with Gasteiger partial charge in [0.2, 0.25) is 0 Å². The fourth-order valence-electron chi connectivity index (χ4n) is 4.66. The van der Waals surface area contributed by atoms with E-state index in [0.29, 0.717) is 5.41 Å². The van der Waals surface area contributed by atoms with Crippen LogP contribution in [-0.4, -0.2) is 18.1 Å².